The molecule has 2 nitrogen and oxygen atoms in total. The number of phenolic OH excluding ortho intramolecular Hbond substituents is 2. The summed E-state index contributed by atoms with van der Waals surface area (Å²) in [6, 6.07) is 3.14. The third-order valence-corrected chi connectivity index (χ3v) is 3.34. The summed E-state index contributed by atoms with van der Waals surface area (Å²) < 4.78 is 0. The molecule has 0 saturated heterocycles. The minimum atomic E-state index is 0.197. The normalized spacial score (nSPS) is 23.6. The van der Waals surface area contributed by atoms with Crippen molar-refractivity contribution in [2.45, 2.75) is 32.1 Å². The predicted molar refractivity (Wildman–Crippen MR) is 69.5 cm³/mol. The maximum absolute atomic E-state index is 9.97. The van der Waals surface area contributed by atoms with Crippen LogP contribution >= 0.6 is 0 Å². The zero-order valence-electron chi connectivity index (χ0n) is 10.2. The second-order valence-corrected chi connectivity index (χ2v) is 4.43. The van der Waals surface area contributed by atoms with Crippen molar-refractivity contribution >= 4 is 0 Å². The Balaban J connectivity index is 2.57. The smallest absolute Gasteiger partial charge is 0.119 e. The van der Waals surface area contributed by atoms with Crippen molar-refractivity contribution < 1.29 is 10.2 Å². The van der Waals surface area contributed by atoms with Crippen molar-refractivity contribution in [3.8, 4) is 11.5 Å². The number of rotatable bonds is 2. The van der Waals surface area contributed by atoms with Gasteiger partial charge in [0, 0.05) is 23.0 Å². The topological polar surface area (TPSA) is 40.5 Å². The molecule has 0 heterocycles. The predicted octanol–water partition coefficient (Wildman–Crippen LogP) is 3.82. The van der Waals surface area contributed by atoms with Crippen molar-refractivity contribution in [1.82, 2.24) is 0 Å². The first-order valence-corrected chi connectivity index (χ1v) is 5.99. The Bertz CT molecular complexity index is 429. The average molecular weight is 230 g/mol. The van der Waals surface area contributed by atoms with Gasteiger partial charge in [-0.2, -0.15) is 0 Å². The monoisotopic (exact) mass is 230 g/mol. The van der Waals surface area contributed by atoms with Gasteiger partial charge in [-0.15, -0.1) is 0 Å². The van der Waals surface area contributed by atoms with Crippen LogP contribution in [0.5, 0.6) is 11.5 Å². The highest BCUT2D eigenvalue weighted by atomic mass is 16.3. The van der Waals surface area contributed by atoms with E-state index in [1.165, 1.54) is 0 Å². The molecule has 0 amide bonds. The van der Waals surface area contributed by atoms with Crippen molar-refractivity contribution in [1.29, 1.82) is 0 Å². The van der Waals surface area contributed by atoms with E-state index in [9.17, 15) is 10.2 Å². The summed E-state index contributed by atoms with van der Waals surface area (Å²) in [5, 5.41) is 19.9. The molecule has 2 heteroatoms. The summed E-state index contributed by atoms with van der Waals surface area (Å²) >= 11 is 0. The molecule has 1 aromatic carbocycles. The minimum Gasteiger partial charge on any atom is -0.508 e. The Hall–Kier alpha value is -1.70. The van der Waals surface area contributed by atoms with E-state index in [-0.39, 0.29) is 23.3 Å². The van der Waals surface area contributed by atoms with Gasteiger partial charge in [-0.05, 0) is 32.4 Å². The van der Waals surface area contributed by atoms with E-state index in [0.717, 1.165) is 17.5 Å². The molecule has 0 bridgehead atoms. The molecule has 0 fully saturated rings. The molecule has 17 heavy (non-hydrogen) atoms. The van der Waals surface area contributed by atoms with Crippen molar-refractivity contribution in [2.75, 3.05) is 0 Å². The molecule has 90 valence electrons. The van der Waals surface area contributed by atoms with Gasteiger partial charge in [0.05, 0.1) is 0 Å². The molecule has 0 aliphatic heterocycles. The van der Waals surface area contributed by atoms with Crippen molar-refractivity contribution in [2.24, 2.45) is 0 Å². The fourth-order valence-corrected chi connectivity index (χ4v) is 2.72. The van der Waals surface area contributed by atoms with E-state index < -0.39 is 0 Å². The summed E-state index contributed by atoms with van der Waals surface area (Å²) in [4.78, 5) is 0. The Labute approximate surface area is 102 Å². The van der Waals surface area contributed by atoms with Crippen LogP contribution in [0, 0.1) is 0 Å². The highest BCUT2D eigenvalue weighted by Gasteiger charge is 2.32. The van der Waals surface area contributed by atoms with Gasteiger partial charge in [0.1, 0.15) is 11.5 Å². The lowest BCUT2D eigenvalue weighted by Gasteiger charge is -2.10. The minimum absolute atomic E-state index is 0.197. The Morgan fingerprint density at radius 2 is 1.35 bits per heavy atom. The molecular weight excluding hydrogens is 212 g/mol. The largest absolute Gasteiger partial charge is 0.508 e. The lowest BCUT2D eigenvalue weighted by Crippen LogP contribution is -1.90. The maximum atomic E-state index is 9.97. The summed E-state index contributed by atoms with van der Waals surface area (Å²) in [5.74, 6) is 0.965. The Morgan fingerprint density at radius 3 is 1.71 bits per heavy atom. The number of hydrogen-bond acceptors (Lipinski definition) is 2. The summed E-state index contributed by atoms with van der Waals surface area (Å²) in [7, 11) is 0. The number of aromatic hydroxyl groups is 2. The third kappa shape index (κ3) is 1.95. The van der Waals surface area contributed by atoms with E-state index in [1.54, 1.807) is 12.1 Å². The molecule has 1 aromatic rings. The molecule has 1 aliphatic carbocycles. The highest BCUT2D eigenvalue weighted by molar-refractivity contribution is 5.56. The van der Waals surface area contributed by atoms with Gasteiger partial charge in [-0.25, -0.2) is 0 Å². The maximum Gasteiger partial charge on any atom is 0.119 e. The average Bonchev–Trinajstić information content (AvgIpc) is 2.65. The zero-order valence-corrected chi connectivity index (χ0v) is 10.2. The number of phenols is 2. The fraction of sp³-hybridized carbons (Fsp3) is 0.333. The lowest BCUT2D eigenvalue weighted by atomic mass is 9.99. The molecule has 0 saturated carbocycles. The molecule has 2 rings (SSSR count). The summed E-state index contributed by atoms with van der Waals surface area (Å²) in [6.07, 6.45) is 9.07. The summed E-state index contributed by atoms with van der Waals surface area (Å²) in [5.41, 5.74) is 1.76. The molecule has 0 spiro atoms. The number of allylic oxidation sites excluding steroid dienone is 4. The molecule has 2 atom stereocenters. The molecule has 2 N–H and O–H groups in total. The summed E-state index contributed by atoms with van der Waals surface area (Å²) in [6.45, 7) is 3.95. The van der Waals surface area contributed by atoms with E-state index in [2.05, 4.69) is 12.2 Å². The number of fused-ring (bicyclic) bond motifs is 1. The van der Waals surface area contributed by atoms with Crippen LogP contribution in [0.25, 0.3) is 0 Å². The first-order valence-electron chi connectivity index (χ1n) is 5.99. The molecule has 1 aliphatic rings. The van der Waals surface area contributed by atoms with Gasteiger partial charge in [-0.1, -0.05) is 24.3 Å². The highest BCUT2D eigenvalue weighted by Crippen LogP contribution is 2.50. The van der Waals surface area contributed by atoms with Crippen LogP contribution in [0.3, 0.4) is 0 Å². The first-order chi connectivity index (χ1) is 8.19. The van der Waals surface area contributed by atoms with Crippen LogP contribution in [0.2, 0.25) is 0 Å². The molecular formula is C15H18O2. The Kier molecular flexibility index (Phi) is 3.23. The van der Waals surface area contributed by atoms with E-state index >= 15 is 0 Å². The number of hydrogen-bond donors (Lipinski definition) is 2. The zero-order chi connectivity index (χ0) is 12.4. The second kappa shape index (κ2) is 4.66. The standard InChI is InChI=1S/C15H18O2/c1-3-5-10-9-11(6-4-2)15-13(17)8-7-12(16)14(10)15/h3-8,10-11,16-17H,9H2,1-2H3/b5-3+,6-4+. The molecule has 2 unspecified atom stereocenters. The van der Waals surface area contributed by atoms with E-state index in [1.807, 2.05) is 26.0 Å². The van der Waals surface area contributed by atoms with Crippen LogP contribution in [0.4, 0.5) is 0 Å². The number of benzene rings is 1. The third-order valence-electron chi connectivity index (χ3n) is 3.34. The van der Waals surface area contributed by atoms with Crippen LogP contribution in [0.15, 0.2) is 36.4 Å². The van der Waals surface area contributed by atoms with Crippen molar-refractivity contribution in [3.63, 3.8) is 0 Å². The van der Waals surface area contributed by atoms with Crippen LogP contribution in [-0.2, 0) is 0 Å². The van der Waals surface area contributed by atoms with E-state index in [0.29, 0.717) is 0 Å². The fourth-order valence-electron chi connectivity index (χ4n) is 2.72. The molecule has 0 radical (unpaired) electrons. The molecule has 0 aromatic heterocycles. The first kappa shape index (κ1) is 11.8. The Morgan fingerprint density at radius 1 is 0.941 bits per heavy atom. The van der Waals surface area contributed by atoms with Crippen LogP contribution in [-0.4, -0.2) is 10.2 Å². The van der Waals surface area contributed by atoms with Crippen LogP contribution < -0.4 is 0 Å². The van der Waals surface area contributed by atoms with Gasteiger partial charge in [0.2, 0.25) is 0 Å². The SMILES string of the molecule is C/C=C/C1CC(/C=C/C)c2c(O)ccc(O)c21. The second-order valence-electron chi connectivity index (χ2n) is 4.43. The van der Waals surface area contributed by atoms with Gasteiger partial charge in [0.15, 0.2) is 0 Å². The lowest BCUT2D eigenvalue weighted by molar-refractivity contribution is 0.451. The quantitative estimate of drug-likeness (QED) is 0.599. The van der Waals surface area contributed by atoms with Crippen molar-refractivity contribution in [3.05, 3.63) is 47.6 Å². The van der Waals surface area contributed by atoms with Crippen LogP contribution in [0.1, 0.15) is 43.2 Å². The van der Waals surface area contributed by atoms with Gasteiger partial charge < -0.3 is 10.2 Å². The van der Waals surface area contributed by atoms with E-state index in [4.69, 9.17) is 0 Å². The van der Waals surface area contributed by atoms with Gasteiger partial charge in [-0.3, -0.25) is 0 Å². The van der Waals surface area contributed by atoms with Gasteiger partial charge >= 0.3 is 0 Å². The van der Waals surface area contributed by atoms with Gasteiger partial charge in [0.25, 0.3) is 0 Å².